The summed E-state index contributed by atoms with van der Waals surface area (Å²) < 4.78 is 6.31. The first-order valence-corrected chi connectivity index (χ1v) is 18.3. The first-order valence-electron chi connectivity index (χ1n) is 18.3. The van der Waals surface area contributed by atoms with E-state index in [2.05, 4.69) is 152 Å². The van der Waals surface area contributed by atoms with Crippen LogP contribution in [-0.2, 0) is 5.41 Å². The molecule has 0 N–H and O–H groups in total. The molecule has 8 aromatic carbocycles. The molecule has 2 heterocycles. The zero-order valence-electron chi connectivity index (χ0n) is 29.1. The second-order valence-electron chi connectivity index (χ2n) is 13.9. The Kier molecular flexibility index (Phi) is 6.73. The Balaban J connectivity index is 1.22. The van der Waals surface area contributed by atoms with E-state index in [-0.39, 0.29) is 0 Å². The fourth-order valence-corrected chi connectivity index (χ4v) is 8.71. The predicted octanol–water partition coefficient (Wildman–Crippen LogP) is 12.3. The molecule has 0 unspecified atom stereocenters. The Morgan fingerprint density at radius 2 is 1.00 bits per heavy atom. The van der Waals surface area contributed by atoms with E-state index in [1.54, 1.807) is 0 Å². The van der Waals surface area contributed by atoms with Crippen molar-refractivity contribution in [3.63, 3.8) is 0 Å². The summed E-state index contributed by atoms with van der Waals surface area (Å²) in [6.45, 7) is 0. The average molecular weight is 690 g/mol. The third-order valence-corrected chi connectivity index (χ3v) is 11.0. The van der Waals surface area contributed by atoms with Crippen LogP contribution in [0.4, 0.5) is 0 Å². The van der Waals surface area contributed by atoms with Gasteiger partial charge in [-0.15, -0.1) is 0 Å². The van der Waals surface area contributed by atoms with Crippen molar-refractivity contribution in [3.8, 4) is 45.3 Å². The van der Waals surface area contributed by atoms with E-state index >= 15 is 0 Å². The highest BCUT2D eigenvalue weighted by molar-refractivity contribution is 6.06. The van der Waals surface area contributed by atoms with Crippen LogP contribution in [0.1, 0.15) is 22.3 Å². The minimum Gasteiger partial charge on any atom is -0.456 e. The highest BCUT2D eigenvalue weighted by Gasteiger charge is 2.48. The van der Waals surface area contributed by atoms with Crippen LogP contribution >= 0.6 is 0 Å². The van der Waals surface area contributed by atoms with Gasteiger partial charge in [0.25, 0.3) is 0 Å². The third kappa shape index (κ3) is 4.47. The Bertz CT molecular complexity index is 3000. The van der Waals surface area contributed by atoms with Crippen LogP contribution < -0.4 is 0 Å². The maximum atomic E-state index is 6.31. The second-order valence-corrected chi connectivity index (χ2v) is 13.9. The fraction of sp³-hybridized carbons (Fsp3) is 0.0200. The lowest BCUT2D eigenvalue weighted by Crippen LogP contribution is -2.28. The number of para-hydroxylation sites is 1. The van der Waals surface area contributed by atoms with Crippen molar-refractivity contribution in [1.29, 1.82) is 0 Å². The van der Waals surface area contributed by atoms with Gasteiger partial charge in [-0.2, -0.15) is 0 Å². The average Bonchev–Trinajstić information content (AvgIpc) is 3.78. The lowest BCUT2D eigenvalue weighted by Gasteiger charge is -2.34. The molecule has 0 amide bonds. The van der Waals surface area contributed by atoms with Crippen molar-refractivity contribution in [1.82, 2.24) is 15.0 Å². The van der Waals surface area contributed by atoms with Crippen LogP contribution in [0, 0.1) is 0 Å². The molecule has 1 aliphatic rings. The van der Waals surface area contributed by atoms with Crippen molar-refractivity contribution in [3.05, 3.63) is 210 Å². The SMILES string of the molecule is c1ccc(-c2nc(-c3ccc4c(c3)oc3ccccc34)nc(-c3cccc4c3-c3ccc5ccccc5c3C4(c3ccccc3)c3ccccc3)n2)cc1. The lowest BCUT2D eigenvalue weighted by molar-refractivity contribution is 0.669. The first-order chi connectivity index (χ1) is 26.8. The van der Waals surface area contributed by atoms with Gasteiger partial charge in [-0.1, -0.05) is 170 Å². The fourth-order valence-electron chi connectivity index (χ4n) is 8.71. The smallest absolute Gasteiger partial charge is 0.164 e. The van der Waals surface area contributed by atoms with Gasteiger partial charge in [-0.3, -0.25) is 0 Å². The summed E-state index contributed by atoms with van der Waals surface area (Å²) in [5.74, 6) is 1.83. The van der Waals surface area contributed by atoms with E-state index in [4.69, 9.17) is 19.4 Å². The second kappa shape index (κ2) is 11.9. The molecule has 0 aliphatic heterocycles. The van der Waals surface area contributed by atoms with Crippen molar-refractivity contribution in [2.75, 3.05) is 0 Å². The van der Waals surface area contributed by atoms with Gasteiger partial charge in [0.1, 0.15) is 11.2 Å². The lowest BCUT2D eigenvalue weighted by atomic mass is 9.66. The molecule has 54 heavy (non-hydrogen) atoms. The largest absolute Gasteiger partial charge is 0.456 e. The van der Waals surface area contributed by atoms with Crippen molar-refractivity contribution >= 4 is 32.7 Å². The number of furan rings is 1. The number of rotatable bonds is 5. The molecule has 252 valence electrons. The standard InChI is InChI=1S/C50H31N3O/c1-4-16-33(17-5-1)47-51-48(34-28-29-39-38-23-12-13-26-43(38)54-44(39)31-34)53-49(52-47)41-24-14-25-42-45(41)40-30-27-32-15-10-11-22-37(32)46(40)50(42,35-18-6-2-7-19-35)36-20-8-3-9-21-36/h1-31H. The molecule has 0 saturated heterocycles. The first kappa shape index (κ1) is 30.5. The molecule has 0 bridgehead atoms. The monoisotopic (exact) mass is 689 g/mol. The van der Waals surface area contributed by atoms with Gasteiger partial charge < -0.3 is 4.42 Å². The van der Waals surface area contributed by atoms with Crippen LogP contribution in [0.2, 0.25) is 0 Å². The van der Waals surface area contributed by atoms with Gasteiger partial charge in [-0.25, -0.2) is 15.0 Å². The Hall–Kier alpha value is -7.17. The molecule has 11 rings (SSSR count). The van der Waals surface area contributed by atoms with Crippen molar-refractivity contribution in [2.24, 2.45) is 0 Å². The predicted molar refractivity (Wildman–Crippen MR) is 218 cm³/mol. The Morgan fingerprint density at radius 3 is 1.76 bits per heavy atom. The molecular weight excluding hydrogens is 659 g/mol. The van der Waals surface area contributed by atoms with Crippen molar-refractivity contribution in [2.45, 2.75) is 5.41 Å². The molecule has 0 radical (unpaired) electrons. The summed E-state index contributed by atoms with van der Waals surface area (Å²) >= 11 is 0. The molecular formula is C50H31N3O. The van der Waals surface area contributed by atoms with Gasteiger partial charge in [0, 0.05) is 27.5 Å². The van der Waals surface area contributed by atoms with Crippen LogP contribution in [0.5, 0.6) is 0 Å². The molecule has 2 aromatic heterocycles. The summed E-state index contributed by atoms with van der Waals surface area (Å²) in [6.07, 6.45) is 0. The summed E-state index contributed by atoms with van der Waals surface area (Å²) in [4.78, 5) is 15.7. The number of benzene rings is 8. The molecule has 0 saturated carbocycles. The van der Waals surface area contributed by atoms with Crippen LogP contribution in [0.15, 0.2) is 192 Å². The summed E-state index contributed by atoms with van der Waals surface area (Å²) in [7, 11) is 0. The summed E-state index contributed by atoms with van der Waals surface area (Å²) in [5, 5.41) is 4.59. The zero-order valence-corrected chi connectivity index (χ0v) is 29.1. The normalized spacial score (nSPS) is 13.0. The Morgan fingerprint density at radius 1 is 0.389 bits per heavy atom. The molecule has 4 nitrogen and oxygen atoms in total. The minimum atomic E-state index is -0.589. The third-order valence-electron chi connectivity index (χ3n) is 11.0. The Labute approximate surface area is 312 Å². The number of hydrogen-bond acceptors (Lipinski definition) is 4. The maximum Gasteiger partial charge on any atom is 0.164 e. The maximum absolute atomic E-state index is 6.31. The molecule has 0 fully saturated rings. The number of fused-ring (bicyclic) bond motifs is 8. The molecule has 1 aliphatic carbocycles. The molecule has 10 aromatic rings. The van der Waals surface area contributed by atoms with Crippen LogP contribution in [0.3, 0.4) is 0 Å². The van der Waals surface area contributed by atoms with E-state index in [1.165, 1.54) is 38.6 Å². The highest BCUT2D eigenvalue weighted by atomic mass is 16.3. The quantitative estimate of drug-likeness (QED) is 0.180. The minimum absolute atomic E-state index is 0.589. The summed E-state index contributed by atoms with van der Waals surface area (Å²) in [5.41, 5.74) is 11.0. The topological polar surface area (TPSA) is 51.8 Å². The number of aromatic nitrogens is 3. The van der Waals surface area contributed by atoms with Crippen LogP contribution in [-0.4, -0.2) is 15.0 Å². The highest BCUT2D eigenvalue weighted by Crippen LogP contribution is 2.59. The van der Waals surface area contributed by atoms with E-state index < -0.39 is 5.41 Å². The molecule has 4 heteroatoms. The van der Waals surface area contributed by atoms with E-state index in [0.717, 1.165) is 44.2 Å². The van der Waals surface area contributed by atoms with E-state index in [1.807, 2.05) is 36.4 Å². The van der Waals surface area contributed by atoms with E-state index in [0.29, 0.717) is 17.5 Å². The molecule has 0 atom stereocenters. The van der Waals surface area contributed by atoms with Gasteiger partial charge in [0.2, 0.25) is 0 Å². The van der Waals surface area contributed by atoms with Crippen molar-refractivity contribution < 1.29 is 4.42 Å². The van der Waals surface area contributed by atoms with Gasteiger partial charge in [0.15, 0.2) is 17.5 Å². The van der Waals surface area contributed by atoms with Gasteiger partial charge >= 0.3 is 0 Å². The van der Waals surface area contributed by atoms with Gasteiger partial charge in [-0.05, 0) is 62.4 Å². The van der Waals surface area contributed by atoms with Gasteiger partial charge in [0.05, 0.1) is 5.41 Å². The molecule has 0 spiro atoms. The number of nitrogens with zero attached hydrogens (tertiary/aromatic N) is 3. The van der Waals surface area contributed by atoms with E-state index in [9.17, 15) is 0 Å². The zero-order chi connectivity index (χ0) is 35.6. The number of hydrogen-bond donors (Lipinski definition) is 0. The summed E-state index contributed by atoms with van der Waals surface area (Å²) in [6, 6.07) is 66.3. The van der Waals surface area contributed by atoms with Crippen LogP contribution in [0.25, 0.3) is 78.0 Å².